The Hall–Kier alpha value is -1.07. The van der Waals surface area contributed by atoms with E-state index in [4.69, 9.17) is 4.74 Å². The minimum absolute atomic E-state index is 0.00830. The Kier molecular flexibility index (Phi) is 3.40. The molecule has 1 atom stereocenters. The van der Waals surface area contributed by atoms with Crippen molar-refractivity contribution in [3.63, 3.8) is 0 Å². The first-order chi connectivity index (χ1) is 8.02. The van der Waals surface area contributed by atoms with Crippen LogP contribution >= 0.6 is 0 Å². The topological polar surface area (TPSA) is 21.3 Å². The van der Waals surface area contributed by atoms with Crippen molar-refractivity contribution in [2.45, 2.75) is 25.7 Å². The quantitative estimate of drug-likeness (QED) is 0.865. The van der Waals surface area contributed by atoms with Gasteiger partial charge in [0.2, 0.25) is 0 Å². The third-order valence-electron chi connectivity index (χ3n) is 2.84. The lowest BCUT2D eigenvalue weighted by atomic mass is 9.96. The lowest BCUT2D eigenvalue weighted by Gasteiger charge is -2.27. The van der Waals surface area contributed by atoms with E-state index in [1.165, 1.54) is 6.07 Å². The summed E-state index contributed by atoms with van der Waals surface area (Å²) in [6, 6.07) is 3.85. The van der Waals surface area contributed by atoms with E-state index in [9.17, 15) is 13.2 Å². The molecule has 1 aromatic carbocycles. The number of nitrogens with one attached hydrogen (secondary N) is 1. The van der Waals surface area contributed by atoms with Gasteiger partial charge in [0.05, 0.1) is 24.8 Å². The molecule has 0 amide bonds. The van der Waals surface area contributed by atoms with Crippen LogP contribution in [0.4, 0.5) is 13.2 Å². The van der Waals surface area contributed by atoms with Gasteiger partial charge in [0.25, 0.3) is 0 Å². The maximum absolute atomic E-state index is 12.5. The highest BCUT2D eigenvalue weighted by molar-refractivity contribution is 5.36. The van der Waals surface area contributed by atoms with Crippen molar-refractivity contribution in [3.8, 4) is 0 Å². The van der Waals surface area contributed by atoms with E-state index in [2.05, 4.69) is 5.32 Å². The minimum Gasteiger partial charge on any atom is -0.375 e. The fourth-order valence-electron chi connectivity index (χ4n) is 2.04. The van der Waals surface area contributed by atoms with Crippen molar-refractivity contribution in [3.05, 3.63) is 34.9 Å². The van der Waals surface area contributed by atoms with Gasteiger partial charge in [0.1, 0.15) is 0 Å². The van der Waals surface area contributed by atoms with Crippen LogP contribution in [0.3, 0.4) is 0 Å². The predicted molar refractivity (Wildman–Crippen MR) is 57.5 cm³/mol. The van der Waals surface area contributed by atoms with Gasteiger partial charge in [-0.05, 0) is 29.8 Å². The number of likely N-dealkylation sites (N-methyl/N-ethyl adjacent to an activating group) is 1. The molecule has 2 rings (SSSR count). The smallest absolute Gasteiger partial charge is 0.375 e. The summed E-state index contributed by atoms with van der Waals surface area (Å²) in [7, 11) is 0. The van der Waals surface area contributed by atoms with Gasteiger partial charge < -0.3 is 10.1 Å². The summed E-state index contributed by atoms with van der Waals surface area (Å²) in [5.41, 5.74) is 0.917. The molecule has 0 bridgehead atoms. The first-order valence-corrected chi connectivity index (χ1v) is 5.53. The zero-order valence-corrected chi connectivity index (χ0v) is 9.47. The molecule has 1 aliphatic heterocycles. The van der Waals surface area contributed by atoms with Crippen molar-refractivity contribution in [2.24, 2.45) is 0 Å². The van der Waals surface area contributed by atoms with Gasteiger partial charge in [-0.15, -0.1) is 0 Å². The Morgan fingerprint density at radius 3 is 2.82 bits per heavy atom. The largest absolute Gasteiger partial charge is 0.416 e. The summed E-state index contributed by atoms with van der Waals surface area (Å²) in [6.45, 7) is 3.47. The molecule has 0 spiro atoms. The van der Waals surface area contributed by atoms with Gasteiger partial charge >= 0.3 is 6.18 Å². The molecule has 0 radical (unpaired) electrons. The van der Waals surface area contributed by atoms with Crippen LogP contribution in [-0.4, -0.2) is 13.2 Å². The summed E-state index contributed by atoms with van der Waals surface area (Å²) in [5.74, 6) is 0. The third kappa shape index (κ3) is 2.61. The SMILES string of the molecule is CCNC1COCc2cc(C(F)(F)F)ccc21. The van der Waals surface area contributed by atoms with Gasteiger partial charge in [0.15, 0.2) is 0 Å². The lowest BCUT2D eigenvalue weighted by Crippen LogP contribution is -2.29. The molecule has 1 unspecified atom stereocenters. The molecule has 1 aliphatic rings. The number of hydrogen-bond acceptors (Lipinski definition) is 2. The fourth-order valence-corrected chi connectivity index (χ4v) is 2.04. The molecule has 5 heteroatoms. The Morgan fingerprint density at radius 2 is 2.18 bits per heavy atom. The van der Waals surface area contributed by atoms with E-state index in [0.29, 0.717) is 12.2 Å². The van der Waals surface area contributed by atoms with Crippen LogP contribution < -0.4 is 5.32 Å². The first kappa shape index (κ1) is 12.4. The lowest BCUT2D eigenvalue weighted by molar-refractivity contribution is -0.137. The summed E-state index contributed by atoms with van der Waals surface area (Å²) < 4.78 is 42.9. The highest BCUT2D eigenvalue weighted by atomic mass is 19.4. The zero-order valence-electron chi connectivity index (χ0n) is 9.47. The van der Waals surface area contributed by atoms with E-state index in [1.54, 1.807) is 6.07 Å². The van der Waals surface area contributed by atoms with Crippen molar-refractivity contribution in [1.82, 2.24) is 5.32 Å². The van der Waals surface area contributed by atoms with Crippen LogP contribution in [0.2, 0.25) is 0 Å². The number of hydrogen-bond donors (Lipinski definition) is 1. The van der Waals surface area contributed by atoms with Crippen LogP contribution in [0, 0.1) is 0 Å². The standard InChI is InChI=1S/C12H14F3NO/c1-2-16-11-7-17-6-8-5-9(12(13,14)15)3-4-10(8)11/h3-5,11,16H,2,6-7H2,1H3. The number of ether oxygens (including phenoxy) is 1. The molecule has 0 saturated carbocycles. The van der Waals surface area contributed by atoms with E-state index in [1.807, 2.05) is 6.92 Å². The van der Waals surface area contributed by atoms with Gasteiger partial charge in [-0.3, -0.25) is 0 Å². The number of halogens is 3. The fraction of sp³-hybridized carbons (Fsp3) is 0.500. The van der Waals surface area contributed by atoms with Crippen LogP contribution in [0.25, 0.3) is 0 Å². The second-order valence-electron chi connectivity index (χ2n) is 4.04. The van der Waals surface area contributed by atoms with Crippen molar-refractivity contribution >= 4 is 0 Å². The van der Waals surface area contributed by atoms with Crippen LogP contribution in [0.1, 0.15) is 29.7 Å². The molecule has 1 heterocycles. The Balaban J connectivity index is 2.33. The molecule has 0 aromatic heterocycles. The molecule has 2 nitrogen and oxygen atoms in total. The zero-order chi connectivity index (χ0) is 12.5. The minimum atomic E-state index is -4.29. The van der Waals surface area contributed by atoms with Crippen molar-refractivity contribution in [2.75, 3.05) is 13.2 Å². The average molecular weight is 245 g/mol. The molecule has 0 fully saturated rings. The summed E-state index contributed by atoms with van der Waals surface area (Å²) in [4.78, 5) is 0. The van der Waals surface area contributed by atoms with Crippen LogP contribution in [0.5, 0.6) is 0 Å². The third-order valence-corrected chi connectivity index (χ3v) is 2.84. The number of alkyl halides is 3. The highest BCUT2D eigenvalue weighted by Gasteiger charge is 2.32. The molecule has 1 aromatic rings. The number of benzene rings is 1. The molecule has 17 heavy (non-hydrogen) atoms. The second-order valence-corrected chi connectivity index (χ2v) is 4.04. The molecular weight excluding hydrogens is 231 g/mol. The Labute approximate surface area is 97.8 Å². The Bertz CT molecular complexity index is 403. The maximum atomic E-state index is 12.5. The van der Waals surface area contributed by atoms with Crippen LogP contribution in [0.15, 0.2) is 18.2 Å². The van der Waals surface area contributed by atoms with Gasteiger partial charge in [0, 0.05) is 0 Å². The summed E-state index contributed by atoms with van der Waals surface area (Å²) in [5, 5.41) is 3.19. The molecular formula is C12H14F3NO. The van der Waals surface area contributed by atoms with Crippen molar-refractivity contribution < 1.29 is 17.9 Å². The second kappa shape index (κ2) is 4.66. The summed E-state index contributed by atoms with van der Waals surface area (Å²) >= 11 is 0. The molecule has 0 aliphatic carbocycles. The molecule has 94 valence electrons. The molecule has 0 saturated heterocycles. The number of rotatable bonds is 2. The maximum Gasteiger partial charge on any atom is 0.416 e. The van der Waals surface area contributed by atoms with E-state index < -0.39 is 11.7 Å². The predicted octanol–water partition coefficient (Wildman–Crippen LogP) is 2.89. The first-order valence-electron chi connectivity index (χ1n) is 5.53. The van der Waals surface area contributed by atoms with Crippen LogP contribution in [-0.2, 0) is 17.5 Å². The van der Waals surface area contributed by atoms with E-state index >= 15 is 0 Å². The van der Waals surface area contributed by atoms with Crippen molar-refractivity contribution in [1.29, 1.82) is 0 Å². The summed E-state index contributed by atoms with van der Waals surface area (Å²) in [6.07, 6.45) is -4.29. The van der Waals surface area contributed by atoms with Gasteiger partial charge in [-0.25, -0.2) is 0 Å². The molecule has 1 N–H and O–H groups in total. The van der Waals surface area contributed by atoms with E-state index in [-0.39, 0.29) is 12.6 Å². The monoisotopic (exact) mass is 245 g/mol. The van der Waals surface area contributed by atoms with Gasteiger partial charge in [-0.2, -0.15) is 13.2 Å². The van der Waals surface area contributed by atoms with E-state index in [0.717, 1.165) is 18.2 Å². The number of fused-ring (bicyclic) bond motifs is 1. The Morgan fingerprint density at radius 1 is 1.41 bits per heavy atom. The van der Waals surface area contributed by atoms with Gasteiger partial charge in [-0.1, -0.05) is 13.0 Å². The average Bonchev–Trinajstić information content (AvgIpc) is 2.28. The normalized spacial score (nSPS) is 20.1. The highest BCUT2D eigenvalue weighted by Crippen LogP contribution is 2.33.